The number of hydrogen-bond acceptors (Lipinski definition) is 4. The van der Waals surface area contributed by atoms with Crippen molar-refractivity contribution < 1.29 is 19.1 Å². The van der Waals surface area contributed by atoms with Crippen LogP contribution in [0.5, 0.6) is 0 Å². The molecule has 1 rings (SSSR count). The zero-order chi connectivity index (χ0) is 21.7. The van der Waals surface area contributed by atoms with E-state index in [0.29, 0.717) is 18.8 Å². The maximum absolute atomic E-state index is 11.8. The largest absolute Gasteiger partial charge is 0.457 e. The minimum Gasteiger partial charge on any atom is -0.457 e. The summed E-state index contributed by atoms with van der Waals surface area (Å²) in [6, 6.07) is 8.46. The van der Waals surface area contributed by atoms with Crippen LogP contribution in [0.25, 0.3) is 0 Å². The van der Waals surface area contributed by atoms with E-state index in [0.717, 1.165) is 6.42 Å². The van der Waals surface area contributed by atoms with Crippen molar-refractivity contribution in [1.82, 2.24) is 0 Å². The molecule has 0 aliphatic rings. The smallest absolute Gasteiger partial charge is 0.379 e. The molecule has 0 spiro atoms. The monoisotopic (exact) mass is 418 g/mol. The van der Waals surface area contributed by atoms with Crippen LogP contribution in [0.3, 0.4) is 0 Å². The van der Waals surface area contributed by atoms with E-state index in [9.17, 15) is 9.59 Å². The summed E-state index contributed by atoms with van der Waals surface area (Å²) in [4.78, 5) is 23.5. The zero-order valence-corrected chi connectivity index (χ0v) is 19.0. The highest BCUT2D eigenvalue weighted by atomic mass is 16.6. The number of ether oxygens (including phenoxy) is 2. The third-order valence-corrected chi connectivity index (χ3v) is 5.32. The number of Topliss-reactive ketones (excluding diaryl/α,β-unsaturated/α-hetero) is 1. The summed E-state index contributed by atoms with van der Waals surface area (Å²) in [7, 11) is 0. The zero-order valence-electron chi connectivity index (χ0n) is 19.0. The van der Waals surface area contributed by atoms with Crippen LogP contribution in [0.2, 0.25) is 0 Å². The van der Waals surface area contributed by atoms with Crippen LogP contribution in [-0.2, 0) is 14.3 Å². The average Bonchev–Trinajstić information content (AvgIpc) is 2.78. The van der Waals surface area contributed by atoms with Crippen molar-refractivity contribution >= 4 is 11.8 Å². The molecule has 0 aliphatic heterocycles. The van der Waals surface area contributed by atoms with Gasteiger partial charge in [-0.15, -0.1) is 0 Å². The van der Waals surface area contributed by atoms with E-state index < -0.39 is 11.8 Å². The van der Waals surface area contributed by atoms with Gasteiger partial charge in [0, 0.05) is 12.2 Å². The Morgan fingerprint density at radius 1 is 0.633 bits per heavy atom. The van der Waals surface area contributed by atoms with Crippen molar-refractivity contribution in [2.24, 2.45) is 0 Å². The van der Waals surface area contributed by atoms with Gasteiger partial charge < -0.3 is 9.47 Å². The first-order valence-corrected chi connectivity index (χ1v) is 12.1. The number of ketones is 1. The Morgan fingerprint density at radius 3 is 1.67 bits per heavy atom. The number of rotatable bonds is 20. The molecule has 4 heteroatoms. The van der Waals surface area contributed by atoms with Gasteiger partial charge in [-0.3, -0.25) is 4.79 Å². The molecule has 0 fully saturated rings. The molecule has 0 N–H and O–H groups in total. The minimum absolute atomic E-state index is 0.121. The van der Waals surface area contributed by atoms with Gasteiger partial charge in [0.25, 0.3) is 5.78 Å². The van der Waals surface area contributed by atoms with Crippen molar-refractivity contribution in [3.8, 4) is 0 Å². The molecule has 0 amide bonds. The number of carbonyl (C=O) groups is 2. The summed E-state index contributed by atoms with van der Waals surface area (Å²) in [6.07, 6.45) is 18.7. The second kappa shape index (κ2) is 19.3. The highest BCUT2D eigenvalue weighted by Gasteiger charge is 2.16. The number of esters is 1. The Kier molecular flexibility index (Phi) is 16.9. The van der Waals surface area contributed by atoms with Gasteiger partial charge in [0.2, 0.25) is 0 Å². The molecule has 170 valence electrons. The highest BCUT2D eigenvalue weighted by molar-refractivity contribution is 6.40. The number of hydrogen-bond donors (Lipinski definition) is 0. The fraction of sp³-hybridized carbons (Fsp3) is 0.692. The molecule has 0 atom stereocenters. The van der Waals surface area contributed by atoms with E-state index >= 15 is 0 Å². The van der Waals surface area contributed by atoms with Crippen molar-refractivity contribution in [3.63, 3.8) is 0 Å². The standard InChI is InChI=1S/C26H42O4/c1-2-3-4-5-6-7-8-9-10-11-12-13-14-18-21-29-22-23-30-26(28)25(27)24-19-16-15-17-20-24/h15-17,19-20H,2-14,18,21-23H2,1H3. The Labute approximate surface area is 183 Å². The Morgan fingerprint density at radius 2 is 1.13 bits per heavy atom. The first-order chi connectivity index (χ1) is 14.8. The van der Waals surface area contributed by atoms with Crippen molar-refractivity contribution in [3.05, 3.63) is 35.9 Å². The van der Waals surface area contributed by atoms with Crippen LogP contribution >= 0.6 is 0 Å². The second-order valence-corrected chi connectivity index (χ2v) is 8.04. The molecule has 1 aromatic carbocycles. The van der Waals surface area contributed by atoms with Gasteiger partial charge >= 0.3 is 5.97 Å². The van der Waals surface area contributed by atoms with E-state index in [1.54, 1.807) is 30.3 Å². The van der Waals surface area contributed by atoms with Crippen LogP contribution in [-0.4, -0.2) is 31.6 Å². The predicted octanol–water partition coefficient (Wildman–Crippen LogP) is 6.91. The molecule has 0 unspecified atom stereocenters. The van der Waals surface area contributed by atoms with E-state index in [2.05, 4.69) is 6.92 Å². The summed E-state index contributed by atoms with van der Waals surface area (Å²) in [6.45, 7) is 3.41. The van der Waals surface area contributed by atoms with Crippen LogP contribution in [0.4, 0.5) is 0 Å². The van der Waals surface area contributed by atoms with Crippen LogP contribution in [0.1, 0.15) is 107 Å². The van der Waals surface area contributed by atoms with Gasteiger partial charge in [0.15, 0.2) is 0 Å². The van der Waals surface area contributed by atoms with Gasteiger partial charge in [-0.1, -0.05) is 121 Å². The molecule has 0 saturated heterocycles. The van der Waals surface area contributed by atoms with E-state index in [1.165, 1.54) is 83.5 Å². The van der Waals surface area contributed by atoms with Gasteiger partial charge in [-0.25, -0.2) is 4.79 Å². The van der Waals surface area contributed by atoms with Gasteiger partial charge in [0.05, 0.1) is 6.61 Å². The molecule has 0 bridgehead atoms. The Balaban J connectivity index is 1.79. The molecule has 0 radical (unpaired) electrons. The maximum atomic E-state index is 11.8. The van der Waals surface area contributed by atoms with Crippen molar-refractivity contribution in [2.45, 2.75) is 96.8 Å². The fourth-order valence-corrected chi connectivity index (χ4v) is 3.47. The molecule has 0 heterocycles. The first kappa shape index (κ1) is 26.4. The normalized spacial score (nSPS) is 10.8. The molecular formula is C26H42O4. The summed E-state index contributed by atoms with van der Waals surface area (Å²) >= 11 is 0. The summed E-state index contributed by atoms with van der Waals surface area (Å²) in [5, 5.41) is 0. The molecule has 1 aromatic rings. The quantitative estimate of drug-likeness (QED) is 0.0999. The van der Waals surface area contributed by atoms with E-state index in [-0.39, 0.29) is 6.61 Å². The lowest BCUT2D eigenvalue weighted by atomic mass is 10.0. The summed E-state index contributed by atoms with van der Waals surface area (Å²) < 4.78 is 10.5. The molecule has 0 aliphatic carbocycles. The maximum Gasteiger partial charge on any atom is 0.379 e. The Hall–Kier alpha value is -1.68. The molecule has 0 saturated carbocycles. The van der Waals surface area contributed by atoms with Gasteiger partial charge in [-0.2, -0.15) is 0 Å². The number of unbranched alkanes of at least 4 members (excludes halogenated alkanes) is 13. The van der Waals surface area contributed by atoms with Crippen molar-refractivity contribution in [1.29, 1.82) is 0 Å². The average molecular weight is 419 g/mol. The van der Waals surface area contributed by atoms with E-state index in [4.69, 9.17) is 9.47 Å². The van der Waals surface area contributed by atoms with Crippen LogP contribution in [0.15, 0.2) is 30.3 Å². The number of carbonyl (C=O) groups excluding carboxylic acids is 2. The van der Waals surface area contributed by atoms with Crippen molar-refractivity contribution in [2.75, 3.05) is 19.8 Å². The fourth-order valence-electron chi connectivity index (χ4n) is 3.47. The predicted molar refractivity (Wildman–Crippen MR) is 123 cm³/mol. The third kappa shape index (κ3) is 14.3. The van der Waals surface area contributed by atoms with Gasteiger partial charge in [-0.05, 0) is 6.42 Å². The SMILES string of the molecule is CCCCCCCCCCCCCCCCOCCOC(=O)C(=O)c1ccccc1. The van der Waals surface area contributed by atoms with E-state index in [1.807, 2.05) is 0 Å². The molecule has 0 aromatic heterocycles. The van der Waals surface area contributed by atoms with Gasteiger partial charge in [0.1, 0.15) is 6.61 Å². The molecule has 30 heavy (non-hydrogen) atoms. The minimum atomic E-state index is -0.818. The Bertz CT molecular complexity index is 541. The lowest BCUT2D eigenvalue weighted by Gasteiger charge is -2.06. The first-order valence-electron chi connectivity index (χ1n) is 12.1. The summed E-state index contributed by atoms with van der Waals surface area (Å²) in [5.41, 5.74) is 0.353. The third-order valence-electron chi connectivity index (χ3n) is 5.32. The molecule has 4 nitrogen and oxygen atoms in total. The second-order valence-electron chi connectivity index (χ2n) is 8.04. The number of benzene rings is 1. The van der Waals surface area contributed by atoms with Crippen LogP contribution < -0.4 is 0 Å². The lowest BCUT2D eigenvalue weighted by Crippen LogP contribution is -2.20. The lowest BCUT2D eigenvalue weighted by molar-refractivity contribution is -0.139. The van der Waals surface area contributed by atoms with Crippen LogP contribution in [0, 0.1) is 0 Å². The summed E-state index contributed by atoms with van der Waals surface area (Å²) in [5.74, 6) is -1.43. The highest BCUT2D eigenvalue weighted by Crippen LogP contribution is 2.13. The topological polar surface area (TPSA) is 52.6 Å². The molecular weight excluding hydrogens is 376 g/mol.